The number of aromatic nitrogens is 3. The van der Waals surface area contributed by atoms with Crippen molar-refractivity contribution in [1.82, 2.24) is 25.2 Å². The minimum Gasteiger partial charge on any atom is -0.394 e. The number of amides is 1. The number of carbonyl (C=O) groups is 1. The molecule has 0 radical (unpaired) electrons. The van der Waals surface area contributed by atoms with Crippen LogP contribution in [0.2, 0.25) is 0 Å². The van der Waals surface area contributed by atoms with Gasteiger partial charge in [-0.15, -0.1) is 5.10 Å². The SMILES string of the molecule is NC(=O)C(c1cn(CCO)nn1)N1CCCNCC1. The second kappa shape index (κ2) is 6.60. The second-order valence-corrected chi connectivity index (χ2v) is 4.57. The lowest BCUT2D eigenvalue weighted by Crippen LogP contribution is -2.40. The van der Waals surface area contributed by atoms with E-state index in [9.17, 15) is 4.79 Å². The fraction of sp³-hybridized carbons (Fsp3) is 0.727. The van der Waals surface area contributed by atoms with E-state index < -0.39 is 11.9 Å². The zero-order valence-corrected chi connectivity index (χ0v) is 10.8. The molecule has 1 aliphatic heterocycles. The summed E-state index contributed by atoms with van der Waals surface area (Å²) in [6.07, 6.45) is 2.64. The Morgan fingerprint density at radius 2 is 2.37 bits per heavy atom. The monoisotopic (exact) mass is 268 g/mol. The number of hydrogen-bond donors (Lipinski definition) is 3. The minimum absolute atomic E-state index is 0.0162. The maximum absolute atomic E-state index is 11.7. The number of nitrogens with one attached hydrogen (secondary N) is 1. The van der Waals surface area contributed by atoms with Crippen LogP contribution in [0.15, 0.2) is 6.20 Å². The lowest BCUT2D eigenvalue weighted by molar-refractivity contribution is -0.123. The van der Waals surface area contributed by atoms with Gasteiger partial charge in [0.2, 0.25) is 5.91 Å². The van der Waals surface area contributed by atoms with Crippen LogP contribution in [0.3, 0.4) is 0 Å². The molecular weight excluding hydrogens is 248 g/mol. The summed E-state index contributed by atoms with van der Waals surface area (Å²) in [6.45, 7) is 3.67. The highest BCUT2D eigenvalue weighted by Crippen LogP contribution is 2.18. The Morgan fingerprint density at radius 1 is 1.53 bits per heavy atom. The number of carbonyl (C=O) groups excluding carboxylic acids is 1. The molecule has 1 unspecified atom stereocenters. The van der Waals surface area contributed by atoms with Crippen LogP contribution in [-0.4, -0.2) is 63.7 Å². The molecule has 106 valence electrons. The highest BCUT2D eigenvalue weighted by Gasteiger charge is 2.28. The third-order valence-electron chi connectivity index (χ3n) is 3.17. The Hall–Kier alpha value is -1.51. The average molecular weight is 268 g/mol. The molecule has 0 saturated carbocycles. The van der Waals surface area contributed by atoms with Crippen LogP contribution in [0, 0.1) is 0 Å². The van der Waals surface area contributed by atoms with Crippen molar-refractivity contribution < 1.29 is 9.90 Å². The van der Waals surface area contributed by atoms with Gasteiger partial charge in [0.05, 0.1) is 19.3 Å². The van der Waals surface area contributed by atoms with E-state index in [1.165, 1.54) is 4.68 Å². The summed E-state index contributed by atoms with van der Waals surface area (Å²) in [5.41, 5.74) is 6.05. The average Bonchev–Trinajstić information content (AvgIpc) is 2.65. The van der Waals surface area contributed by atoms with Gasteiger partial charge in [0, 0.05) is 19.6 Å². The van der Waals surface area contributed by atoms with E-state index >= 15 is 0 Å². The zero-order valence-electron chi connectivity index (χ0n) is 10.8. The molecule has 1 aromatic rings. The molecule has 1 atom stereocenters. The fourth-order valence-electron chi connectivity index (χ4n) is 2.29. The Labute approximate surface area is 111 Å². The van der Waals surface area contributed by atoms with Crippen LogP contribution < -0.4 is 11.1 Å². The smallest absolute Gasteiger partial charge is 0.241 e. The molecule has 19 heavy (non-hydrogen) atoms. The normalized spacial score (nSPS) is 19.0. The highest BCUT2D eigenvalue weighted by molar-refractivity contribution is 5.80. The predicted octanol–water partition coefficient (Wildman–Crippen LogP) is -1.91. The lowest BCUT2D eigenvalue weighted by atomic mass is 10.1. The van der Waals surface area contributed by atoms with Crippen molar-refractivity contribution in [3.8, 4) is 0 Å². The van der Waals surface area contributed by atoms with Gasteiger partial charge in [0.15, 0.2) is 0 Å². The minimum atomic E-state index is -0.549. The number of hydrogen-bond acceptors (Lipinski definition) is 6. The lowest BCUT2D eigenvalue weighted by Gasteiger charge is -2.26. The summed E-state index contributed by atoms with van der Waals surface area (Å²) in [4.78, 5) is 13.7. The van der Waals surface area contributed by atoms with Crippen LogP contribution >= 0.6 is 0 Å². The van der Waals surface area contributed by atoms with Crippen molar-refractivity contribution in [2.75, 3.05) is 32.8 Å². The number of nitrogens with two attached hydrogens (primary N) is 1. The van der Waals surface area contributed by atoms with E-state index in [1.54, 1.807) is 6.20 Å². The number of aliphatic hydroxyl groups excluding tert-OH is 1. The zero-order chi connectivity index (χ0) is 13.7. The fourth-order valence-corrected chi connectivity index (χ4v) is 2.29. The van der Waals surface area contributed by atoms with Gasteiger partial charge in [-0.3, -0.25) is 9.69 Å². The molecule has 0 bridgehead atoms. The van der Waals surface area contributed by atoms with Gasteiger partial charge >= 0.3 is 0 Å². The van der Waals surface area contributed by atoms with Crippen LogP contribution in [-0.2, 0) is 11.3 Å². The van der Waals surface area contributed by atoms with E-state index in [0.717, 1.165) is 32.6 Å². The van der Waals surface area contributed by atoms with Crippen molar-refractivity contribution in [2.45, 2.75) is 19.0 Å². The van der Waals surface area contributed by atoms with Gasteiger partial charge in [0.25, 0.3) is 0 Å². The molecule has 1 aromatic heterocycles. The van der Waals surface area contributed by atoms with Crippen molar-refractivity contribution in [3.63, 3.8) is 0 Å². The summed E-state index contributed by atoms with van der Waals surface area (Å²) < 4.78 is 1.52. The number of primary amides is 1. The first-order valence-electron chi connectivity index (χ1n) is 6.47. The number of nitrogens with zero attached hydrogens (tertiary/aromatic N) is 4. The van der Waals surface area contributed by atoms with Crippen molar-refractivity contribution in [3.05, 3.63) is 11.9 Å². The maximum Gasteiger partial charge on any atom is 0.241 e. The molecule has 1 aliphatic rings. The first-order chi connectivity index (χ1) is 9.22. The molecule has 2 heterocycles. The molecule has 0 aromatic carbocycles. The maximum atomic E-state index is 11.7. The summed E-state index contributed by atoms with van der Waals surface area (Å²) >= 11 is 0. The van der Waals surface area contributed by atoms with Gasteiger partial charge in [-0.05, 0) is 13.0 Å². The Balaban J connectivity index is 2.15. The molecule has 1 fully saturated rings. The van der Waals surface area contributed by atoms with Gasteiger partial charge in [-0.2, -0.15) is 0 Å². The van der Waals surface area contributed by atoms with Crippen molar-refractivity contribution in [2.24, 2.45) is 5.73 Å². The molecule has 8 heteroatoms. The van der Waals surface area contributed by atoms with Gasteiger partial charge < -0.3 is 16.2 Å². The Kier molecular flexibility index (Phi) is 4.83. The number of aliphatic hydroxyl groups is 1. The molecule has 0 spiro atoms. The Bertz CT molecular complexity index is 413. The van der Waals surface area contributed by atoms with Crippen molar-refractivity contribution in [1.29, 1.82) is 0 Å². The summed E-state index contributed by atoms with van der Waals surface area (Å²) in [6, 6.07) is -0.549. The quantitative estimate of drug-likeness (QED) is 0.575. The Morgan fingerprint density at radius 3 is 3.11 bits per heavy atom. The third kappa shape index (κ3) is 3.49. The molecule has 2 rings (SSSR count). The van der Waals surface area contributed by atoms with Crippen LogP contribution in [0.25, 0.3) is 0 Å². The molecule has 4 N–H and O–H groups in total. The summed E-state index contributed by atoms with van der Waals surface area (Å²) in [5, 5.41) is 20.0. The molecule has 0 aliphatic carbocycles. The van der Waals surface area contributed by atoms with E-state index in [2.05, 4.69) is 15.6 Å². The first-order valence-corrected chi connectivity index (χ1v) is 6.47. The van der Waals surface area contributed by atoms with Crippen molar-refractivity contribution >= 4 is 5.91 Å². The summed E-state index contributed by atoms with van der Waals surface area (Å²) in [5.74, 6) is -0.419. The van der Waals surface area contributed by atoms with Crippen LogP contribution in [0.1, 0.15) is 18.2 Å². The van der Waals surface area contributed by atoms with Crippen LogP contribution in [0.5, 0.6) is 0 Å². The standard InChI is InChI=1S/C11H20N6O2/c12-11(19)10(16-4-1-2-13-3-5-16)9-8-17(6-7-18)15-14-9/h8,10,13,18H,1-7H2,(H2,12,19). The molecular formula is C11H20N6O2. The van der Waals surface area contributed by atoms with E-state index in [1.807, 2.05) is 4.90 Å². The predicted molar refractivity (Wildman–Crippen MR) is 68.1 cm³/mol. The van der Waals surface area contributed by atoms with E-state index in [-0.39, 0.29) is 6.61 Å². The van der Waals surface area contributed by atoms with Gasteiger partial charge in [-0.25, -0.2) is 4.68 Å². The number of rotatable bonds is 5. The highest BCUT2D eigenvalue weighted by atomic mass is 16.3. The first kappa shape index (κ1) is 13.9. The largest absolute Gasteiger partial charge is 0.394 e. The molecule has 1 saturated heterocycles. The topological polar surface area (TPSA) is 109 Å². The van der Waals surface area contributed by atoms with Gasteiger partial charge in [-0.1, -0.05) is 5.21 Å². The third-order valence-corrected chi connectivity index (χ3v) is 3.17. The molecule has 8 nitrogen and oxygen atoms in total. The second-order valence-electron chi connectivity index (χ2n) is 4.57. The van der Waals surface area contributed by atoms with Crippen LogP contribution in [0.4, 0.5) is 0 Å². The van der Waals surface area contributed by atoms with Gasteiger partial charge in [0.1, 0.15) is 11.7 Å². The van der Waals surface area contributed by atoms with E-state index in [4.69, 9.17) is 10.8 Å². The van der Waals surface area contributed by atoms with E-state index in [0.29, 0.717) is 12.2 Å². The summed E-state index contributed by atoms with van der Waals surface area (Å²) in [7, 11) is 0. The molecule has 1 amide bonds.